The highest BCUT2D eigenvalue weighted by atomic mass is 79.9. The second-order valence-electron chi connectivity index (χ2n) is 4.27. The van der Waals surface area contributed by atoms with Crippen LogP contribution >= 0.6 is 27.5 Å². The molecule has 1 nitrogen and oxygen atoms in total. The van der Waals surface area contributed by atoms with Gasteiger partial charge in [-0.1, -0.05) is 45.7 Å². The first-order chi connectivity index (χ1) is 9.04. The molecule has 0 aliphatic carbocycles. The molecule has 0 spiro atoms. The molecule has 2 aromatic carbocycles. The summed E-state index contributed by atoms with van der Waals surface area (Å²) in [7, 11) is 0. The number of carbonyl (C=O) groups excluding carboxylic acids is 1. The van der Waals surface area contributed by atoms with E-state index in [1.807, 2.05) is 24.3 Å². The van der Waals surface area contributed by atoms with Crippen molar-refractivity contribution < 1.29 is 9.18 Å². The molecule has 0 radical (unpaired) electrons. The van der Waals surface area contributed by atoms with E-state index in [1.165, 1.54) is 12.1 Å². The first kappa shape index (κ1) is 14.2. The molecule has 4 heteroatoms. The summed E-state index contributed by atoms with van der Waals surface area (Å²) in [4.78, 5) is 11.9. The smallest absolute Gasteiger partial charge is 0.141 e. The summed E-state index contributed by atoms with van der Waals surface area (Å²) in [6, 6.07) is 12.0. The summed E-state index contributed by atoms with van der Waals surface area (Å²) in [5, 5.41) is 0.0488. The Labute approximate surface area is 124 Å². The molecule has 98 valence electrons. The van der Waals surface area contributed by atoms with Crippen LogP contribution in [0.5, 0.6) is 0 Å². The van der Waals surface area contributed by atoms with Gasteiger partial charge in [-0.3, -0.25) is 4.79 Å². The van der Waals surface area contributed by atoms with Gasteiger partial charge in [0.15, 0.2) is 0 Å². The van der Waals surface area contributed by atoms with Gasteiger partial charge in [-0.2, -0.15) is 0 Å². The molecular weight excluding hydrogens is 331 g/mol. The van der Waals surface area contributed by atoms with E-state index >= 15 is 0 Å². The van der Waals surface area contributed by atoms with Crippen molar-refractivity contribution in [3.8, 4) is 0 Å². The molecule has 0 aliphatic rings. The van der Waals surface area contributed by atoms with Gasteiger partial charge in [0, 0.05) is 17.3 Å². The molecule has 0 aliphatic heterocycles. The third kappa shape index (κ3) is 4.15. The zero-order valence-electron chi connectivity index (χ0n) is 10.00. The molecule has 2 rings (SSSR count). The topological polar surface area (TPSA) is 17.1 Å². The molecule has 0 bridgehead atoms. The number of Topliss-reactive ketones (excluding diaryl/α,β-unsaturated/α-hetero) is 1. The summed E-state index contributed by atoms with van der Waals surface area (Å²) in [5.74, 6) is -0.398. The van der Waals surface area contributed by atoms with Crippen molar-refractivity contribution >= 4 is 33.3 Å². The lowest BCUT2D eigenvalue weighted by atomic mass is 10.0. The number of halogens is 3. The molecule has 0 aromatic heterocycles. The Morgan fingerprint density at radius 1 is 1.11 bits per heavy atom. The lowest BCUT2D eigenvalue weighted by Gasteiger charge is -2.03. The van der Waals surface area contributed by atoms with Gasteiger partial charge in [0.1, 0.15) is 11.6 Å². The third-order valence-electron chi connectivity index (χ3n) is 2.68. The Bertz CT molecular complexity index is 613. The Balaban J connectivity index is 2.03. The van der Waals surface area contributed by atoms with Crippen molar-refractivity contribution in [2.24, 2.45) is 0 Å². The number of hydrogen-bond donors (Lipinski definition) is 0. The predicted molar refractivity (Wildman–Crippen MR) is 78.0 cm³/mol. The highest BCUT2D eigenvalue weighted by Crippen LogP contribution is 2.17. The summed E-state index contributed by atoms with van der Waals surface area (Å²) < 4.78 is 14.0. The average Bonchev–Trinajstić information content (AvgIpc) is 2.34. The minimum atomic E-state index is -0.468. The lowest BCUT2D eigenvalue weighted by molar-refractivity contribution is -0.117. The Morgan fingerprint density at radius 3 is 2.42 bits per heavy atom. The van der Waals surface area contributed by atoms with Gasteiger partial charge in [0.05, 0.1) is 5.02 Å². The molecule has 0 unspecified atom stereocenters. The number of hydrogen-bond acceptors (Lipinski definition) is 1. The number of rotatable bonds is 4. The summed E-state index contributed by atoms with van der Waals surface area (Å²) in [6.07, 6.45) is 0.612. The molecule has 19 heavy (non-hydrogen) atoms. The van der Waals surface area contributed by atoms with Crippen LogP contribution in [-0.4, -0.2) is 5.78 Å². The van der Waals surface area contributed by atoms with E-state index in [2.05, 4.69) is 15.9 Å². The van der Waals surface area contributed by atoms with Crippen LogP contribution in [0.15, 0.2) is 46.9 Å². The fourth-order valence-electron chi connectivity index (χ4n) is 1.81. The molecule has 0 heterocycles. The highest BCUT2D eigenvalue weighted by Gasteiger charge is 2.08. The van der Waals surface area contributed by atoms with Gasteiger partial charge in [-0.05, 0) is 35.4 Å². The Morgan fingerprint density at radius 2 is 1.79 bits per heavy atom. The van der Waals surface area contributed by atoms with Crippen LogP contribution in [0.2, 0.25) is 5.02 Å². The van der Waals surface area contributed by atoms with E-state index in [9.17, 15) is 9.18 Å². The van der Waals surface area contributed by atoms with Crippen molar-refractivity contribution in [3.05, 3.63) is 68.9 Å². The first-order valence-electron chi connectivity index (χ1n) is 5.74. The minimum Gasteiger partial charge on any atom is -0.299 e. The Hall–Kier alpha value is -1.19. The third-order valence-corrected chi connectivity index (χ3v) is 3.46. The van der Waals surface area contributed by atoms with Crippen LogP contribution in [0, 0.1) is 5.82 Å². The monoisotopic (exact) mass is 340 g/mol. The van der Waals surface area contributed by atoms with Gasteiger partial charge < -0.3 is 0 Å². The van der Waals surface area contributed by atoms with Gasteiger partial charge in [-0.15, -0.1) is 0 Å². The van der Waals surface area contributed by atoms with E-state index in [0.717, 1.165) is 15.6 Å². The van der Waals surface area contributed by atoms with Crippen LogP contribution < -0.4 is 0 Å². The van der Waals surface area contributed by atoms with Gasteiger partial charge in [-0.25, -0.2) is 4.39 Å². The van der Waals surface area contributed by atoms with E-state index in [-0.39, 0.29) is 17.2 Å². The van der Waals surface area contributed by atoms with Crippen LogP contribution in [0.25, 0.3) is 0 Å². The highest BCUT2D eigenvalue weighted by molar-refractivity contribution is 9.10. The number of benzene rings is 2. The molecule has 0 saturated carbocycles. The van der Waals surface area contributed by atoms with E-state index < -0.39 is 5.82 Å². The second kappa shape index (κ2) is 6.31. The fraction of sp³-hybridized carbons (Fsp3) is 0.133. The summed E-state index contributed by atoms with van der Waals surface area (Å²) in [5.41, 5.74) is 1.68. The predicted octanol–water partition coefficient (Wildman–Crippen LogP) is 4.60. The van der Waals surface area contributed by atoms with Gasteiger partial charge >= 0.3 is 0 Å². The van der Waals surface area contributed by atoms with Crippen molar-refractivity contribution in [2.75, 3.05) is 0 Å². The maximum absolute atomic E-state index is 13.0. The molecule has 2 aromatic rings. The fourth-order valence-corrected chi connectivity index (χ4v) is 2.46. The number of ketones is 1. The van der Waals surface area contributed by atoms with Gasteiger partial charge in [0.2, 0.25) is 0 Å². The molecule has 0 N–H and O–H groups in total. The Kier molecular flexibility index (Phi) is 4.72. The van der Waals surface area contributed by atoms with Crippen LogP contribution in [0.3, 0.4) is 0 Å². The zero-order valence-corrected chi connectivity index (χ0v) is 12.3. The normalized spacial score (nSPS) is 10.5. The van der Waals surface area contributed by atoms with E-state index in [1.54, 1.807) is 6.07 Å². The molecule has 0 saturated heterocycles. The van der Waals surface area contributed by atoms with Crippen molar-refractivity contribution in [1.29, 1.82) is 0 Å². The second-order valence-corrected chi connectivity index (χ2v) is 5.59. The van der Waals surface area contributed by atoms with Crippen LogP contribution in [-0.2, 0) is 17.6 Å². The number of carbonyl (C=O) groups is 1. The van der Waals surface area contributed by atoms with Crippen LogP contribution in [0.1, 0.15) is 11.1 Å². The summed E-state index contributed by atoms with van der Waals surface area (Å²) in [6.45, 7) is 0. The zero-order chi connectivity index (χ0) is 13.8. The molecule has 0 amide bonds. The minimum absolute atomic E-state index is 0.0488. The molecule has 0 fully saturated rings. The maximum atomic E-state index is 13.0. The van der Waals surface area contributed by atoms with E-state index in [0.29, 0.717) is 6.42 Å². The van der Waals surface area contributed by atoms with E-state index in [4.69, 9.17) is 11.6 Å². The van der Waals surface area contributed by atoms with Crippen molar-refractivity contribution in [2.45, 2.75) is 12.8 Å². The standard InChI is InChI=1S/C15H11BrClFO/c16-12-3-1-2-10(6-12)7-13(19)8-11-4-5-15(18)14(17)9-11/h1-6,9H,7-8H2. The lowest BCUT2D eigenvalue weighted by Crippen LogP contribution is -2.06. The van der Waals surface area contributed by atoms with Gasteiger partial charge in [0.25, 0.3) is 0 Å². The largest absolute Gasteiger partial charge is 0.299 e. The SMILES string of the molecule is O=C(Cc1cccc(Br)c1)Cc1ccc(F)c(Cl)c1. The molecular formula is C15H11BrClFO. The average molecular weight is 342 g/mol. The quantitative estimate of drug-likeness (QED) is 0.794. The van der Waals surface area contributed by atoms with Crippen molar-refractivity contribution in [1.82, 2.24) is 0 Å². The molecule has 0 atom stereocenters. The summed E-state index contributed by atoms with van der Waals surface area (Å²) >= 11 is 9.05. The first-order valence-corrected chi connectivity index (χ1v) is 6.92. The van der Waals surface area contributed by atoms with Crippen molar-refractivity contribution in [3.63, 3.8) is 0 Å². The maximum Gasteiger partial charge on any atom is 0.141 e. The van der Waals surface area contributed by atoms with Crippen LogP contribution in [0.4, 0.5) is 4.39 Å².